The number of fused-ring (bicyclic) bond motifs is 1. The molecule has 6 heteroatoms. The molecule has 6 nitrogen and oxygen atoms in total. The van der Waals surface area contributed by atoms with Crippen LogP contribution in [0.15, 0.2) is 36.7 Å². The summed E-state index contributed by atoms with van der Waals surface area (Å²) < 4.78 is 0. The predicted molar refractivity (Wildman–Crippen MR) is 87.0 cm³/mol. The number of nitrogens with zero attached hydrogens (tertiary/aromatic N) is 4. The summed E-state index contributed by atoms with van der Waals surface area (Å²) in [6, 6.07) is 9.69. The first-order valence-corrected chi connectivity index (χ1v) is 7.82. The van der Waals surface area contributed by atoms with Gasteiger partial charge in [-0.3, -0.25) is 9.88 Å². The first-order chi connectivity index (χ1) is 11.3. The van der Waals surface area contributed by atoms with Crippen LogP contribution in [0.25, 0.3) is 10.8 Å². The molecule has 2 aliphatic rings. The largest absolute Gasteiger partial charge is 0.326 e. The summed E-state index contributed by atoms with van der Waals surface area (Å²) in [5.74, 6) is 0. The Hall–Kier alpha value is -2.65. The van der Waals surface area contributed by atoms with Crippen LogP contribution in [0.2, 0.25) is 0 Å². The molecular weight excluding hydrogens is 290 g/mol. The molecule has 2 unspecified atom stereocenters. The summed E-state index contributed by atoms with van der Waals surface area (Å²) in [5, 5.41) is 14.7. The van der Waals surface area contributed by atoms with Gasteiger partial charge in [-0.15, -0.1) is 0 Å². The van der Waals surface area contributed by atoms with Gasteiger partial charge in [0, 0.05) is 29.6 Å². The monoisotopic (exact) mass is 307 g/mol. The number of aromatic nitrogens is 1. The zero-order valence-corrected chi connectivity index (χ0v) is 12.6. The van der Waals surface area contributed by atoms with Gasteiger partial charge in [0.15, 0.2) is 0 Å². The molecule has 2 amide bonds. The number of anilines is 1. The van der Waals surface area contributed by atoms with Gasteiger partial charge in [0.2, 0.25) is 0 Å². The second kappa shape index (κ2) is 5.52. The van der Waals surface area contributed by atoms with Gasteiger partial charge < -0.3 is 10.2 Å². The van der Waals surface area contributed by atoms with Crippen molar-refractivity contribution in [3.8, 4) is 6.07 Å². The molecule has 2 atom stereocenters. The average molecular weight is 307 g/mol. The number of nitriles is 1. The lowest BCUT2D eigenvalue weighted by atomic mass is 10.1. The first-order valence-electron chi connectivity index (χ1n) is 7.82. The van der Waals surface area contributed by atoms with E-state index in [1.165, 1.54) is 0 Å². The highest BCUT2D eigenvalue weighted by atomic mass is 16.2. The topological polar surface area (TPSA) is 72.3 Å². The van der Waals surface area contributed by atoms with E-state index in [0.29, 0.717) is 12.2 Å². The molecule has 1 aromatic carbocycles. The fourth-order valence-corrected chi connectivity index (χ4v) is 3.49. The molecule has 116 valence electrons. The van der Waals surface area contributed by atoms with E-state index < -0.39 is 6.04 Å². The molecule has 1 aromatic heterocycles. The lowest BCUT2D eigenvalue weighted by molar-refractivity contribution is 0.204. The Bertz CT molecular complexity index is 788. The number of carbonyl (C=O) groups excluding carboxylic acids is 1. The van der Waals surface area contributed by atoms with E-state index in [-0.39, 0.29) is 12.1 Å². The molecule has 0 spiro atoms. The van der Waals surface area contributed by atoms with Crippen LogP contribution in [0.4, 0.5) is 10.5 Å². The molecule has 0 radical (unpaired) electrons. The van der Waals surface area contributed by atoms with Gasteiger partial charge in [-0.1, -0.05) is 24.3 Å². The Kier molecular flexibility index (Phi) is 3.36. The first kappa shape index (κ1) is 14.0. The number of rotatable bonds is 2. The van der Waals surface area contributed by atoms with Crippen molar-refractivity contribution >= 4 is 22.5 Å². The maximum absolute atomic E-state index is 13.0. The van der Waals surface area contributed by atoms with E-state index in [1.807, 2.05) is 29.2 Å². The molecule has 23 heavy (non-hydrogen) atoms. The van der Waals surface area contributed by atoms with Gasteiger partial charge in [0.25, 0.3) is 0 Å². The van der Waals surface area contributed by atoms with Gasteiger partial charge >= 0.3 is 6.03 Å². The zero-order chi connectivity index (χ0) is 15.8. The van der Waals surface area contributed by atoms with Crippen molar-refractivity contribution < 1.29 is 4.79 Å². The number of hydrogen-bond acceptors (Lipinski definition) is 4. The Labute approximate surface area is 134 Å². The lowest BCUT2D eigenvalue weighted by Crippen LogP contribution is -2.40. The normalized spacial score (nSPS) is 24.4. The van der Waals surface area contributed by atoms with E-state index in [2.05, 4.69) is 16.4 Å². The van der Waals surface area contributed by atoms with Crippen LogP contribution in [0.3, 0.4) is 0 Å². The Balaban J connectivity index is 1.77. The lowest BCUT2D eigenvalue weighted by Gasteiger charge is -2.24. The van der Waals surface area contributed by atoms with Crippen LogP contribution in [0.1, 0.15) is 6.42 Å². The van der Waals surface area contributed by atoms with Crippen molar-refractivity contribution in [1.29, 1.82) is 5.26 Å². The van der Waals surface area contributed by atoms with Gasteiger partial charge in [-0.25, -0.2) is 4.79 Å². The highest BCUT2D eigenvalue weighted by molar-refractivity contribution is 6.04. The van der Waals surface area contributed by atoms with Gasteiger partial charge in [-0.05, 0) is 13.0 Å². The van der Waals surface area contributed by atoms with Crippen molar-refractivity contribution in [3.63, 3.8) is 0 Å². The predicted octanol–water partition coefficient (Wildman–Crippen LogP) is 1.73. The Morgan fingerprint density at radius 3 is 2.96 bits per heavy atom. The molecule has 0 bridgehead atoms. The second-order valence-corrected chi connectivity index (χ2v) is 5.98. The van der Waals surface area contributed by atoms with Crippen LogP contribution in [-0.2, 0) is 0 Å². The molecule has 2 aliphatic heterocycles. The van der Waals surface area contributed by atoms with Crippen LogP contribution < -0.4 is 10.2 Å². The van der Waals surface area contributed by atoms with E-state index in [0.717, 1.165) is 30.3 Å². The smallest absolute Gasteiger partial charge is 0.317 e. The van der Waals surface area contributed by atoms with Crippen LogP contribution in [0.5, 0.6) is 0 Å². The number of hydrogen-bond donors (Lipinski definition) is 1. The van der Waals surface area contributed by atoms with Crippen LogP contribution in [0, 0.1) is 11.3 Å². The molecule has 3 heterocycles. The maximum Gasteiger partial charge on any atom is 0.326 e. The highest BCUT2D eigenvalue weighted by Gasteiger charge is 2.42. The van der Waals surface area contributed by atoms with E-state index in [1.54, 1.807) is 17.3 Å². The third kappa shape index (κ3) is 2.21. The van der Waals surface area contributed by atoms with Crippen molar-refractivity contribution in [3.05, 3.63) is 36.7 Å². The minimum absolute atomic E-state index is 0.0941. The fraction of sp³-hybridized carbons (Fsp3) is 0.353. The quantitative estimate of drug-likeness (QED) is 0.917. The number of urea groups is 1. The summed E-state index contributed by atoms with van der Waals surface area (Å²) >= 11 is 0. The summed E-state index contributed by atoms with van der Waals surface area (Å²) in [6.07, 6.45) is 4.39. The number of nitrogens with one attached hydrogen (secondary N) is 1. The van der Waals surface area contributed by atoms with E-state index in [4.69, 9.17) is 0 Å². The highest BCUT2D eigenvalue weighted by Crippen LogP contribution is 2.32. The molecule has 0 aliphatic carbocycles. The third-order valence-corrected chi connectivity index (χ3v) is 4.66. The van der Waals surface area contributed by atoms with Crippen molar-refractivity contribution in [2.75, 3.05) is 24.5 Å². The molecule has 2 aromatic rings. The zero-order valence-electron chi connectivity index (χ0n) is 12.6. The minimum atomic E-state index is -0.476. The number of benzene rings is 1. The van der Waals surface area contributed by atoms with Gasteiger partial charge in [0.05, 0.1) is 24.5 Å². The number of pyridine rings is 1. The van der Waals surface area contributed by atoms with E-state index in [9.17, 15) is 10.1 Å². The SMILES string of the molecule is N#CC1CN(C2CCNC2)C(=O)N1c1cncc2ccccc12. The maximum atomic E-state index is 13.0. The second-order valence-electron chi connectivity index (χ2n) is 5.98. The van der Waals surface area contributed by atoms with Crippen molar-refractivity contribution in [1.82, 2.24) is 15.2 Å². The summed E-state index contributed by atoms with van der Waals surface area (Å²) in [6.45, 7) is 2.16. The minimum Gasteiger partial charge on any atom is -0.317 e. The Morgan fingerprint density at radius 2 is 2.17 bits per heavy atom. The summed E-state index contributed by atoms with van der Waals surface area (Å²) in [4.78, 5) is 20.6. The number of carbonyl (C=O) groups is 1. The summed E-state index contributed by atoms with van der Waals surface area (Å²) in [5.41, 5.74) is 0.716. The van der Waals surface area contributed by atoms with Crippen LogP contribution in [-0.4, -0.2) is 47.6 Å². The van der Waals surface area contributed by atoms with Crippen LogP contribution >= 0.6 is 0 Å². The molecule has 1 N–H and O–H groups in total. The Morgan fingerprint density at radius 1 is 1.30 bits per heavy atom. The molecule has 2 saturated heterocycles. The van der Waals surface area contributed by atoms with Crippen molar-refractivity contribution in [2.24, 2.45) is 0 Å². The fourth-order valence-electron chi connectivity index (χ4n) is 3.49. The average Bonchev–Trinajstić information content (AvgIpc) is 3.22. The van der Waals surface area contributed by atoms with Crippen molar-refractivity contribution in [2.45, 2.75) is 18.5 Å². The van der Waals surface area contributed by atoms with Gasteiger partial charge in [0.1, 0.15) is 6.04 Å². The molecular formula is C17H17N5O. The van der Waals surface area contributed by atoms with Gasteiger partial charge in [-0.2, -0.15) is 5.26 Å². The molecule has 4 rings (SSSR count). The standard InChI is InChI=1S/C17H17N5O/c18-7-14-11-21(13-5-6-19-9-13)17(23)22(14)16-10-20-8-12-3-1-2-4-15(12)16/h1-4,8,10,13-14,19H,5-6,9,11H2. The summed E-state index contributed by atoms with van der Waals surface area (Å²) in [7, 11) is 0. The molecule has 2 fully saturated rings. The number of amides is 2. The third-order valence-electron chi connectivity index (χ3n) is 4.66. The molecule has 0 saturated carbocycles. The van der Waals surface area contributed by atoms with E-state index >= 15 is 0 Å².